The third-order valence-corrected chi connectivity index (χ3v) is 3.73. The second-order valence-corrected chi connectivity index (χ2v) is 5.43. The zero-order valence-corrected chi connectivity index (χ0v) is 12.7. The van der Waals surface area contributed by atoms with E-state index in [4.69, 9.17) is 0 Å². The summed E-state index contributed by atoms with van der Waals surface area (Å²) in [5.74, 6) is 1.45. The lowest BCUT2D eigenvalue weighted by molar-refractivity contribution is 0.740. The van der Waals surface area contributed by atoms with E-state index in [0.29, 0.717) is 5.82 Å². The Bertz CT molecular complexity index is 852. The van der Waals surface area contributed by atoms with Gasteiger partial charge in [0.25, 0.3) is 0 Å². The molecule has 0 radical (unpaired) electrons. The molecule has 6 heteroatoms. The summed E-state index contributed by atoms with van der Waals surface area (Å²) < 4.78 is 0. The minimum atomic E-state index is 0.663. The summed E-state index contributed by atoms with van der Waals surface area (Å²) in [6.07, 6.45) is 3.57. The Morgan fingerprint density at radius 1 is 1.13 bits per heavy atom. The van der Waals surface area contributed by atoms with Gasteiger partial charge in [-0.15, -0.1) is 0 Å². The highest BCUT2D eigenvalue weighted by molar-refractivity contribution is 6.03. The molecule has 0 spiro atoms. The minimum Gasteiger partial charge on any atom is -0.282 e. The van der Waals surface area contributed by atoms with Gasteiger partial charge in [-0.2, -0.15) is 5.10 Å². The highest BCUT2D eigenvalue weighted by atomic mass is 15.5. The Balaban J connectivity index is 1.76. The number of rotatable bonds is 2. The van der Waals surface area contributed by atoms with Gasteiger partial charge in [-0.25, -0.2) is 4.99 Å². The molecule has 0 amide bonds. The number of nitrogens with zero attached hydrogens (tertiary/aromatic N) is 4. The van der Waals surface area contributed by atoms with Crippen LogP contribution in [0.2, 0.25) is 0 Å². The Morgan fingerprint density at radius 3 is 2.74 bits per heavy atom. The van der Waals surface area contributed by atoms with Crippen molar-refractivity contribution in [1.82, 2.24) is 20.6 Å². The van der Waals surface area contributed by atoms with Crippen molar-refractivity contribution in [2.24, 2.45) is 4.99 Å². The first kappa shape index (κ1) is 13.5. The van der Waals surface area contributed by atoms with Crippen LogP contribution in [0.3, 0.4) is 0 Å². The summed E-state index contributed by atoms with van der Waals surface area (Å²) >= 11 is 0. The van der Waals surface area contributed by atoms with E-state index >= 15 is 0 Å². The lowest BCUT2D eigenvalue weighted by Crippen LogP contribution is -2.46. The molecule has 1 aliphatic heterocycles. The van der Waals surface area contributed by atoms with Gasteiger partial charge < -0.3 is 0 Å². The van der Waals surface area contributed by atoms with Crippen molar-refractivity contribution < 1.29 is 0 Å². The number of fused-ring (bicyclic) bond motifs is 1. The van der Waals surface area contributed by atoms with Crippen molar-refractivity contribution in [1.29, 1.82) is 0 Å². The first-order chi connectivity index (χ1) is 11.3. The van der Waals surface area contributed by atoms with Crippen LogP contribution in [0.5, 0.6) is 0 Å². The lowest BCUT2D eigenvalue weighted by atomic mass is 10.0. The molecule has 0 saturated carbocycles. The van der Waals surface area contributed by atoms with Gasteiger partial charge in [-0.3, -0.25) is 20.5 Å². The van der Waals surface area contributed by atoms with Crippen LogP contribution >= 0.6 is 0 Å². The fourth-order valence-corrected chi connectivity index (χ4v) is 2.63. The van der Waals surface area contributed by atoms with Gasteiger partial charge in [-0.05, 0) is 24.6 Å². The van der Waals surface area contributed by atoms with E-state index in [2.05, 4.69) is 42.7 Å². The maximum Gasteiger partial charge on any atom is 0.176 e. The largest absolute Gasteiger partial charge is 0.282 e. The van der Waals surface area contributed by atoms with Gasteiger partial charge in [0.1, 0.15) is 0 Å². The molecule has 0 unspecified atom stereocenters. The summed E-state index contributed by atoms with van der Waals surface area (Å²) in [7, 11) is 0. The molecule has 23 heavy (non-hydrogen) atoms. The van der Waals surface area contributed by atoms with E-state index in [1.165, 1.54) is 5.56 Å². The fraction of sp³-hybridized carbons (Fsp3) is 0.118. The maximum absolute atomic E-state index is 4.66. The zero-order chi connectivity index (χ0) is 15.6. The van der Waals surface area contributed by atoms with Crippen LogP contribution in [0, 0.1) is 6.92 Å². The smallest absolute Gasteiger partial charge is 0.176 e. The molecule has 3 aromatic rings. The number of anilines is 1. The van der Waals surface area contributed by atoms with Gasteiger partial charge in [0.2, 0.25) is 0 Å². The van der Waals surface area contributed by atoms with Crippen LogP contribution in [-0.2, 0) is 6.54 Å². The van der Waals surface area contributed by atoms with Crippen molar-refractivity contribution in [2.75, 3.05) is 5.01 Å². The van der Waals surface area contributed by atoms with Crippen molar-refractivity contribution >= 4 is 17.3 Å². The minimum absolute atomic E-state index is 0.663. The summed E-state index contributed by atoms with van der Waals surface area (Å²) in [4.78, 5) is 8.74. The number of pyridine rings is 1. The fourth-order valence-electron chi connectivity index (χ4n) is 2.63. The number of aromatic amines is 1. The summed E-state index contributed by atoms with van der Waals surface area (Å²) in [6.45, 7) is 2.72. The third kappa shape index (κ3) is 2.66. The van der Waals surface area contributed by atoms with Crippen LogP contribution < -0.4 is 10.4 Å². The molecule has 2 aromatic heterocycles. The van der Waals surface area contributed by atoms with Crippen LogP contribution in [0.25, 0.3) is 0 Å². The van der Waals surface area contributed by atoms with Gasteiger partial charge in [0.15, 0.2) is 11.7 Å². The molecule has 6 nitrogen and oxygen atoms in total. The number of hydrogen-bond acceptors (Lipinski definition) is 4. The Hall–Kier alpha value is -3.15. The van der Waals surface area contributed by atoms with Crippen LogP contribution in [-0.4, -0.2) is 21.0 Å². The molecule has 1 aromatic carbocycles. The highest BCUT2D eigenvalue weighted by Gasteiger charge is 2.21. The molecule has 0 saturated heterocycles. The third-order valence-electron chi connectivity index (χ3n) is 3.73. The number of hydrazine groups is 1. The van der Waals surface area contributed by atoms with Gasteiger partial charge in [0.05, 0.1) is 12.2 Å². The van der Waals surface area contributed by atoms with Crippen LogP contribution in [0.1, 0.15) is 16.8 Å². The van der Waals surface area contributed by atoms with E-state index in [0.717, 1.165) is 29.3 Å². The number of aromatic nitrogens is 3. The van der Waals surface area contributed by atoms with Gasteiger partial charge in [-0.1, -0.05) is 24.3 Å². The standard InChI is InChI=1S/C17H16N6/c1-12-10-16(21-20-12)19-17-15-5-3-2-4-13(15)11-23(22-17)14-6-8-18-9-7-14/h2-10H,11H2,1H3,(H2,19,20,21,22). The molecule has 0 atom stereocenters. The molecule has 2 N–H and O–H groups in total. The lowest BCUT2D eigenvalue weighted by Gasteiger charge is -2.32. The Morgan fingerprint density at radius 2 is 1.96 bits per heavy atom. The number of benzene rings is 1. The molecule has 0 aliphatic carbocycles. The summed E-state index contributed by atoms with van der Waals surface area (Å²) in [5.41, 5.74) is 7.73. The molecule has 114 valence electrons. The predicted octanol–water partition coefficient (Wildman–Crippen LogP) is 2.72. The van der Waals surface area contributed by atoms with E-state index in [1.54, 1.807) is 12.4 Å². The van der Waals surface area contributed by atoms with E-state index < -0.39 is 0 Å². The zero-order valence-electron chi connectivity index (χ0n) is 12.7. The molecule has 0 fully saturated rings. The van der Waals surface area contributed by atoms with Crippen molar-refractivity contribution in [3.05, 3.63) is 71.7 Å². The summed E-state index contributed by atoms with van der Waals surface area (Å²) in [6, 6.07) is 14.1. The number of nitrogens with one attached hydrogen (secondary N) is 2. The van der Waals surface area contributed by atoms with Gasteiger partial charge >= 0.3 is 0 Å². The van der Waals surface area contributed by atoms with Crippen molar-refractivity contribution in [2.45, 2.75) is 13.5 Å². The maximum atomic E-state index is 4.66. The number of H-pyrrole nitrogens is 1. The van der Waals surface area contributed by atoms with E-state index in [1.807, 2.05) is 37.3 Å². The molecule has 0 bridgehead atoms. The molecule has 1 aliphatic rings. The SMILES string of the molecule is Cc1cc(N=C2NN(c3ccncc3)Cc3ccccc32)n[nH]1. The number of aliphatic imine (C=N–C) groups is 1. The number of amidine groups is 1. The average Bonchev–Trinajstić information content (AvgIpc) is 3.00. The first-order valence-electron chi connectivity index (χ1n) is 7.43. The van der Waals surface area contributed by atoms with E-state index in [9.17, 15) is 0 Å². The molecular formula is C17H16N6. The molecule has 4 rings (SSSR count). The normalized spacial score (nSPS) is 15.3. The molecular weight excluding hydrogens is 288 g/mol. The first-order valence-corrected chi connectivity index (χ1v) is 7.43. The monoisotopic (exact) mass is 304 g/mol. The average molecular weight is 304 g/mol. The summed E-state index contributed by atoms with van der Waals surface area (Å²) in [5, 5.41) is 9.18. The van der Waals surface area contributed by atoms with E-state index in [-0.39, 0.29) is 0 Å². The Kier molecular flexibility index (Phi) is 3.27. The predicted molar refractivity (Wildman–Crippen MR) is 89.5 cm³/mol. The topological polar surface area (TPSA) is 69.2 Å². The number of hydrogen-bond donors (Lipinski definition) is 2. The number of aryl methyl sites for hydroxylation is 1. The highest BCUT2D eigenvalue weighted by Crippen LogP contribution is 2.23. The second kappa shape index (κ2) is 5.57. The van der Waals surface area contributed by atoms with Crippen LogP contribution in [0.4, 0.5) is 11.5 Å². The van der Waals surface area contributed by atoms with Crippen LogP contribution in [0.15, 0.2) is 59.9 Å². The second-order valence-electron chi connectivity index (χ2n) is 5.43. The quantitative estimate of drug-likeness (QED) is 0.764. The van der Waals surface area contributed by atoms with Gasteiger partial charge in [0, 0.05) is 29.7 Å². The molecule has 3 heterocycles. The van der Waals surface area contributed by atoms with Crippen molar-refractivity contribution in [3.8, 4) is 0 Å². The van der Waals surface area contributed by atoms with Crippen molar-refractivity contribution in [3.63, 3.8) is 0 Å². The Labute approximate surface area is 133 Å².